The van der Waals surface area contributed by atoms with E-state index >= 15 is 0 Å². The number of methoxy groups -OCH3 is 1. The number of ether oxygens (including phenoxy) is 2. The first kappa shape index (κ1) is 26.0. The van der Waals surface area contributed by atoms with E-state index in [-0.39, 0.29) is 11.7 Å². The van der Waals surface area contributed by atoms with E-state index in [2.05, 4.69) is 31.5 Å². The van der Waals surface area contributed by atoms with Crippen LogP contribution in [0.5, 0.6) is 5.75 Å². The van der Waals surface area contributed by atoms with Gasteiger partial charge in [0.15, 0.2) is 5.82 Å². The van der Waals surface area contributed by atoms with Crippen molar-refractivity contribution in [3.8, 4) is 5.75 Å². The van der Waals surface area contributed by atoms with Crippen molar-refractivity contribution in [1.82, 2.24) is 30.1 Å². The van der Waals surface area contributed by atoms with Gasteiger partial charge in [0.2, 0.25) is 0 Å². The zero-order valence-corrected chi connectivity index (χ0v) is 22.6. The molecule has 2 unspecified atom stereocenters. The van der Waals surface area contributed by atoms with E-state index in [0.717, 1.165) is 53.0 Å². The first-order chi connectivity index (χ1) is 19.6. The molecule has 0 bridgehead atoms. The van der Waals surface area contributed by atoms with Crippen molar-refractivity contribution in [2.75, 3.05) is 13.7 Å². The van der Waals surface area contributed by atoms with Crippen molar-refractivity contribution in [2.24, 2.45) is 0 Å². The topological polar surface area (TPSA) is 111 Å². The number of aromatic amines is 1. The average molecular weight is 541 g/mol. The molecule has 0 aliphatic carbocycles. The molecule has 2 aromatic carbocycles. The SMILES string of the molecule is COc1ccc(CN(Cc2ccco2)C(c2cc3cc(C)ccc3[nH]c2=O)c2nnnn2CC2CCCO2)cc1. The number of rotatable bonds is 10. The van der Waals surface area contributed by atoms with E-state index in [1.54, 1.807) is 18.1 Å². The molecule has 40 heavy (non-hydrogen) atoms. The molecule has 0 saturated carbocycles. The summed E-state index contributed by atoms with van der Waals surface area (Å²) in [4.78, 5) is 19.0. The molecular formula is C30H32N6O4. The van der Waals surface area contributed by atoms with Crippen LogP contribution >= 0.6 is 0 Å². The molecule has 3 aromatic heterocycles. The molecule has 1 fully saturated rings. The maximum atomic E-state index is 13.7. The van der Waals surface area contributed by atoms with Crippen molar-refractivity contribution in [3.63, 3.8) is 0 Å². The predicted octanol–water partition coefficient (Wildman–Crippen LogP) is 4.40. The van der Waals surface area contributed by atoms with Gasteiger partial charge < -0.3 is 18.9 Å². The summed E-state index contributed by atoms with van der Waals surface area (Å²) >= 11 is 0. The van der Waals surface area contributed by atoms with Crippen LogP contribution in [0.15, 0.2) is 76.1 Å². The zero-order chi connectivity index (χ0) is 27.5. The summed E-state index contributed by atoms with van der Waals surface area (Å²) in [6.07, 6.45) is 3.64. The number of furan rings is 1. The Morgan fingerprint density at radius 2 is 2.02 bits per heavy atom. The highest BCUT2D eigenvalue weighted by Gasteiger charge is 2.32. The van der Waals surface area contributed by atoms with Gasteiger partial charge in [0.05, 0.1) is 32.6 Å². The third-order valence-electron chi connectivity index (χ3n) is 7.38. The fourth-order valence-electron chi connectivity index (χ4n) is 5.37. The molecule has 4 heterocycles. The van der Waals surface area contributed by atoms with Crippen LogP contribution in [0.1, 0.15) is 47.2 Å². The Labute approximate surface area is 231 Å². The number of nitrogens with zero attached hydrogens (tertiary/aromatic N) is 5. The average Bonchev–Trinajstić information content (AvgIpc) is 3.75. The van der Waals surface area contributed by atoms with Crippen LogP contribution < -0.4 is 10.3 Å². The number of aryl methyl sites for hydroxylation is 1. The second-order valence-corrected chi connectivity index (χ2v) is 10.2. The Hall–Kier alpha value is -4.28. The molecule has 1 aliphatic rings. The second-order valence-electron chi connectivity index (χ2n) is 10.2. The number of fused-ring (bicyclic) bond motifs is 1. The summed E-state index contributed by atoms with van der Waals surface area (Å²) in [5.41, 5.74) is 3.30. The van der Waals surface area contributed by atoms with Crippen LogP contribution in [-0.2, 0) is 24.4 Å². The van der Waals surface area contributed by atoms with Gasteiger partial charge in [0.25, 0.3) is 5.56 Å². The van der Waals surface area contributed by atoms with Crippen molar-refractivity contribution >= 4 is 10.9 Å². The fourth-order valence-corrected chi connectivity index (χ4v) is 5.37. The molecular weight excluding hydrogens is 508 g/mol. The number of pyridine rings is 1. The van der Waals surface area contributed by atoms with Crippen molar-refractivity contribution in [2.45, 2.75) is 51.5 Å². The molecule has 10 heteroatoms. The quantitative estimate of drug-likeness (QED) is 0.278. The number of tetrazole rings is 1. The van der Waals surface area contributed by atoms with E-state index in [1.807, 2.05) is 61.5 Å². The van der Waals surface area contributed by atoms with Crippen LogP contribution in [0.4, 0.5) is 0 Å². The van der Waals surface area contributed by atoms with Gasteiger partial charge in [-0.2, -0.15) is 0 Å². The molecule has 1 N–H and O–H groups in total. The minimum absolute atomic E-state index is 0.0283. The first-order valence-electron chi connectivity index (χ1n) is 13.5. The normalized spacial score (nSPS) is 16.1. The van der Waals surface area contributed by atoms with E-state index < -0.39 is 6.04 Å². The number of H-pyrrole nitrogens is 1. The number of benzene rings is 2. The van der Waals surface area contributed by atoms with Gasteiger partial charge >= 0.3 is 0 Å². The summed E-state index contributed by atoms with van der Waals surface area (Å²) in [5, 5.41) is 13.8. The monoisotopic (exact) mass is 540 g/mol. The standard InChI is InChI=1S/C30H32N6O4/c1-20-7-12-27-22(15-20)16-26(30(37)31-27)28(29-32-33-34-36(29)19-25-6-4-14-40-25)35(18-24-5-3-13-39-24)17-21-8-10-23(38-2)11-9-21/h3,5,7-13,15-16,25,28H,4,6,14,17-19H2,1-2H3,(H,31,37). The summed E-state index contributed by atoms with van der Waals surface area (Å²) in [6, 6.07) is 19.1. The Morgan fingerprint density at radius 1 is 1.15 bits per heavy atom. The van der Waals surface area contributed by atoms with Crippen LogP contribution in [0.2, 0.25) is 0 Å². The smallest absolute Gasteiger partial charge is 0.253 e. The summed E-state index contributed by atoms with van der Waals surface area (Å²) in [5.74, 6) is 2.12. The number of hydrogen-bond donors (Lipinski definition) is 1. The highest BCUT2D eigenvalue weighted by molar-refractivity contribution is 5.79. The number of aromatic nitrogens is 5. The third-order valence-corrected chi connectivity index (χ3v) is 7.38. The van der Waals surface area contributed by atoms with E-state index in [4.69, 9.17) is 13.9 Å². The van der Waals surface area contributed by atoms with E-state index in [9.17, 15) is 4.79 Å². The Morgan fingerprint density at radius 3 is 2.77 bits per heavy atom. The maximum absolute atomic E-state index is 13.7. The van der Waals surface area contributed by atoms with E-state index in [1.165, 1.54) is 0 Å². The summed E-state index contributed by atoms with van der Waals surface area (Å²) < 4.78 is 18.8. The predicted molar refractivity (Wildman–Crippen MR) is 149 cm³/mol. The summed E-state index contributed by atoms with van der Waals surface area (Å²) in [7, 11) is 1.65. The van der Waals surface area contributed by atoms with Crippen LogP contribution in [-0.4, -0.2) is 49.9 Å². The molecule has 0 amide bonds. The molecule has 10 nitrogen and oxygen atoms in total. The van der Waals surface area contributed by atoms with Gasteiger partial charge in [-0.3, -0.25) is 9.69 Å². The fraction of sp³-hybridized carbons (Fsp3) is 0.333. The first-order valence-corrected chi connectivity index (χ1v) is 13.5. The van der Waals surface area contributed by atoms with Crippen molar-refractivity contribution in [1.29, 1.82) is 0 Å². The lowest BCUT2D eigenvalue weighted by Gasteiger charge is -2.30. The molecule has 6 rings (SSSR count). The lowest BCUT2D eigenvalue weighted by molar-refractivity contribution is 0.0901. The minimum Gasteiger partial charge on any atom is -0.497 e. The van der Waals surface area contributed by atoms with Crippen LogP contribution in [0.3, 0.4) is 0 Å². The van der Waals surface area contributed by atoms with Gasteiger partial charge in [0.1, 0.15) is 17.6 Å². The highest BCUT2D eigenvalue weighted by atomic mass is 16.5. The lowest BCUT2D eigenvalue weighted by Crippen LogP contribution is -2.35. The molecule has 1 saturated heterocycles. The second kappa shape index (κ2) is 11.4. The van der Waals surface area contributed by atoms with Crippen LogP contribution in [0.25, 0.3) is 10.9 Å². The Bertz CT molecular complexity index is 1620. The minimum atomic E-state index is -0.572. The molecule has 0 radical (unpaired) electrons. The van der Waals surface area contributed by atoms with Gasteiger partial charge in [-0.15, -0.1) is 5.10 Å². The van der Waals surface area contributed by atoms with Gasteiger partial charge in [0, 0.05) is 24.2 Å². The summed E-state index contributed by atoms with van der Waals surface area (Å²) in [6.45, 7) is 4.23. The largest absolute Gasteiger partial charge is 0.497 e. The Kier molecular flexibility index (Phi) is 7.43. The van der Waals surface area contributed by atoms with Crippen molar-refractivity contribution < 1.29 is 13.9 Å². The number of nitrogens with one attached hydrogen (secondary N) is 1. The van der Waals surface area contributed by atoms with Crippen LogP contribution in [0, 0.1) is 6.92 Å². The third kappa shape index (κ3) is 5.54. The van der Waals surface area contributed by atoms with E-state index in [0.29, 0.717) is 31.0 Å². The maximum Gasteiger partial charge on any atom is 0.253 e. The Balaban J connectivity index is 1.49. The zero-order valence-electron chi connectivity index (χ0n) is 22.6. The molecule has 0 spiro atoms. The molecule has 206 valence electrons. The van der Waals surface area contributed by atoms with Gasteiger partial charge in [-0.1, -0.05) is 23.8 Å². The highest BCUT2D eigenvalue weighted by Crippen LogP contribution is 2.31. The molecule has 2 atom stereocenters. The lowest BCUT2D eigenvalue weighted by atomic mass is 10.0. The van der Waals surface area contributed by atoms with Gasteiger partial charge in [-0.05, 0) is 83.6 Å². The van der Waals surface area contributed by atoms with Gasteiger partial charge in [-0.25, -0.2) is 4.68 Å². The number of hydrogen-bond acceptors (Lipinski definition) is 8. The molecule has 1 aliphatic heterocycles. The van der Waals surface area contributed by atoms with Crippen molar-refractivity contribution in [3.05, 3.63) is 106 Å². The molecule has 5 aromatic rings.